The highest BCUT2D eigenvalue weighted by Crippen LogP contribution is 2.37. The predicted molar refractivity (Wildman–Crippen MR) is 85.7 cm³/mol. The minimum absolute atomic E-state index is 0.0359. The van der Waals surface area contributed by atoms with Crippen molar-refractivity contribution in [2.45, 2.75) is 13.3 Å². The molecule has 0 bridgehead atoms. The van der Waals surface area contributed by atoms with E-state index < -0.39 is 17.7 Å². The Morgan fingerprint density at radius 3 is 2.65 bits per heavy atom. The van der Waals surface area contributed by atoms with E-state index in [1.54, 1.807) is 0 Å². The first-order valence-corrected chi connectivity index (χ1v) is 7.96. The van der Waals surface area contributed by atoms with Gasteiger partial charge in [0, 0.05) is 5.02 Å². The van der Waals surface area contributed by atoms with Crippen LogP contribution in [0.2, 0.25) is 10.0 Å². The van der Waals surface area contributed by atoms with Crippen LogP contribution >= 0.6 is 23.2 Å². The van der Waals surface area contributed by atoms with Crippen molar-refractivity contribution in [3.8, 4) is 0 Å². The topological polar surface area (TPSA) is 66.5 Å². The number of hydrogen-bond acceptors (Lipinski definition) is 3. The van der Waals surface area contributed by atoms with Gasteiger partial charge >= 0.3 is 0 Å². The number of carbonyl (C=O) groups excluding carboxylic acids is 3. The molecule has 0 aromatic heterocycles. The quantitative estimate of drug-likeness (QED) is 0.657. The summed E-state index contributed by atoms with van der Waals surface area (Å²) in [5, 5.41) is 1.37. The van der Waals surface area contributed by atoms with Gasteiger partial charge in [-0.05, 0) is 30.5 Å². The number of rotatable bonds is 2. The van der Waals surface area contributed by atoms with Crippen LogP contribution in [-0.2, 0) is 9.59 Å². The summed E-state index contributed by atoms with van der Waals surface area (Å²) >= 11 is 11.8. The second-order valence-corrected chi connectivity index (χ2v) is 6.58. The number of benzene rings is 1. The van der Waals surface area contributed by atoms with Gasteiger partial charge in [0.05, 0.1) is 22.4 Å². The van der Waals surface area contributed by atoms with E-state index in [0.29, 0.717) is 11.4 Å². The lowest BCUT2D eigenvalue weighted by Gasteiger charge is -2.22. The Hall–Kier alpha value is -1.85. The molecule has 120 valence electrons. The molecule has 7 heteroatoms. The van der Waals surface area contributed by atoms with Crippen molar-refractivity contribution in [1.29, 1.82) is 0 Å². The zero-order valence-electron chi connectivity index (χ0n) is 12.3. The van der Waals surface area contributed by atoms with Crippen LogP contribution in [0.4, 0.5) is 0 Å². The van der Waals surface area contributed by atoms with Crippen molar-refractivity contribution in [2.75, 3.05) is 0 Å². The third-order valence-electron chi connectivity index (χ3n) is 4.26. The lowest BCUT2D eigenvalue weighted by atomic mass is 9.78. The number of hydrogen-bond donors (Lipinski definition) is 1. The maximum Gasteiger partial charge on any atom is 0.271 e. The van der Waals surface area contributed by atoms with Gasteiger partial charge in [0.2, 0.25) is 0 Å². The van der Waals surface area contributed by atoms with Gasteiger partial charge < -0.3 is 0 Å². The summed E-state index contributed by atoms with van der Waals surface area (Å²) in [4.78, 5) is 37.2. The van der Waals surface area contributed by atoms with Crippen LogP contribution in [0.1, 0.15) is 23.7 Å². The molecular formula is C16H14Cl2N2O3. The SMILES string of the molecule is C[C@H]1C=CC[C@@H]2C(=O)N(NC(=O)c3ccc(Cl)cc3Cl)C(=O)[C@@H]21. The summed E-state index contributed by atoms with van der Waals surface area (Å²) in [6, 6.07) is 4.39. The highest BCUT2D eigenvalue weighted by molar-refractivity contribution is 6.36. The Bertz CT molecular complexity index is 732. The third-order valence-corrected chi connectivity index (χ3v) is 4.81. The first kappa shape index (κ1) is 16.0. The molecule has 1 N–H and O–H groups in total. The maximum atomic E-state index is 12.5. The molecule has 2 aliphatic rings. The van der Waals surface area contributed by atoms with E-state index in [2.05, 4.69) is 5.43 Å². The van der Waals surface area contributed by atoms with Gasteiger partial charge in [-0.2, -0.15) is 5.01 Å². The summed E-state index contributed by atoms with van der Waals surface area (Å²) in [5.74, 6) is -2.25. The smallest absolute Gasteiger partial charge is 0.271 e. The minimum Gasteiger partial charge on any atom is -0.272 e. The van der Waals surface area contributed by atoms with E-state index in [4.69, 9.17) is 23.2 Å². The molecule has 3 amide bonds. The number of carbonyl (C=O) groups is 3. The molecule has 3 atom stereocenters. The third kappa shape index (κ3) is 2.75. The van der Waals surface area contributed by atoms with Crippen LogP contribution in [0.3, 0.4) is 0 Å². The molecule has 1 fully saturated rings. The molecule has 0 saturated carbocycles. The predicted octanol–water partition coefficient (Wildman–Crippen LogP) is 2.84. The van der Waals surface area contributed by atoms with Crippen molar-refractivity contribution in [2.24, 2.45) is 17.8 Å². The number of fused-ring (bicyclic) bond motifs is 1. The molecule has 3 rings (SSSR count). The Labute approximate surface area is 143 Å². The lowest BCUT2D eigenvalue weighted by molar-refractivity contribution is -0.142. The average Bonchev–Trinajstić information content (AvgIpc) is 2.73. The zero-order chi connectivity index (χ0) is 16.7. The number of imide groups is 1. The van der Waals surface area contributed by atoms with Crippen molar-refractivity contribution in [1.82, 2.24) is 10.4 Å². The molecular weight excluding hydrogens is 339 g/mol. The van der Waals surface area contributed by atoms with E-state index in [1.807, 2.05) is 19.1 Å². The number of nitrogens with one attached hydrogen (secondary N) is 1. The maximum absolute atomic E-state index is 12.5. The van der Waals surface area contributed by atoms with E-state index in [1.165, 1.54) is 18.2 Å². The average molecular weight is 353 g/mol. The van der Waals surface area contributed by atoms with Crippen LogP contribution in [0.25, 0.3) is 0 Å². The fraction of sp³-hybridized carbons (Fsp3) is 0.312. The summed E-state index contributed by atoms with van der Waals surface area (Å²) in [5.41, 5.74) is 2.52. The van der Waals surface area contributed by atoms with Gasteiger partial charge in [-0.3, -0.25) is 19.8 Å². The normalized spacial score (nSPS) is 26.4. The number of nitrogens with zero attached hydrogens (tertiary/aromatic N) is 1. The summed E-state index contributed by atoms with van der Waals surface area (Å²) in [6.45, 7) is 1.89. The van der Waals surface area contributed by atoms with Crippen molar-refractivity contribution >= 4 is 40.9 Å². The number of allylic oxidation sites excluding steroid dienone is 2. The van der Waals surface area contributed by atoms with Crippen molar-refractivity contribution < 1.29 is 14.4 Å². The summed E-state index contributed by atoms with van der Waals surface area (Å²) < 4.78 is 0. The molecule has 0 unspecified atom stereocenters. The standard InChI is InChI=1S/C16H14Cl2N2O3/c1-8-3-2-4-11-13(8)16(23)20(15(11)22)19-14(21)10-6-5-9(17)7-12(10)18/h2-3,5-8,11,13H,4H2,1H3,(H,19,21)/t8-,11-,13+/m0/s1. The van der Waals surface area contributed by atoms with Crippen molar-refractivity contribution in [3.63, 3.8) is 0 Å². The second kappa shape index (κ2) is 5.98. The molecule has 5 nitrogen and oxygen atoms in total. The van der Waals surface area contributed by atoms with Gasteiger partial charge in [0.1, 0.15) is 0 Å². The molecule has 1 aromatic rings. The molecule has 0 radical (unpaired) electrons. The van der Waals surface area contributed by atoms with E-state index in [0.717, 1.165) is 5.01 Å². The monoisotopic (exact) mass is 352 g/mol. The lowest BCUT2D eigenvalue weighted by Crippen LogP contribution is -2.46. The second-order valence-electron chi connectivity index (χ2n) is 5.73. The molecule has 1 saturated heterocycles. The molecule has 1 aliphatic carbocycles. The first-order valence-electron chi connectivity index (χ1n) is 7.20. The van der Waals surface area contributed by atoms with Crippen LogP contribution < -0.4 is 5.43 Å². The molecule has 23 heavy (non-hydrogen) atoms. The molecule has 1 aromatic carbocycles. The van der Waals surface area contributed by atoms with Crippen LogP contribution in [0, 0.1) is 17.8 Å². The van der Waals surface area contributed by atoms with Crippen LogP contribution in [0.5, 0.6) is 0 Å². The number of amides is 3. The van der Waals surface area contributed by atoms with Crippen LogP contribution in [-0.4, -0.2) is 22.7 Å². The fourth-order valence-corrected chi connectivity index (χ4v) is 3.59. The zero-order valence-corrected chi connectivity index (χ0v) is 13.8. The highest BCUT2D eigenvalue weighted by atomic mass is 35.5. The fourth-order valence-electron chi connectivity index (χ4n) is 3.09. The van der Waals surface area contributed by atoms with Crippen LogP contribution in [0.15, 0.2) is 30.4 Å². The van der Waals surface area contributed by atoms with Crippen molar-refractivity contribution in [3.05, 3.63) is 46.0 Å². The molecule has 0 spiro atoms. The minimum atomic E-state index is -0.618. The van der Waals surface area contributed by atoms with Gasteiger partial charge in [-0.1, -0.05) is 42.3 Å². The Morgan fingerprint density at radius 1 is 1.26 bits per heavy atom. The summed E-state index contributed by atoms with van der Waals surface area (Å²) in [6.07, 6.45) is 4.33. The molecule has 1 aliphatic heterocycles. The number of hydrazine groups is 1. The Kier molecular flexibility index (Phi) is 4.17. The van der Waals surface area contributed by atoms with Gasteiger partial charge in [0.25, 0.3) is 17.7 Å². The van der Waals surface area contributed by atoms with Gasteiger partial charge in [-0.25, -0.2) is 0 Å². The van der Waals surface area contributed by atoms with E-state index >= 15 is 0 Å². The highest BCUT2D eigenvalue weighted by Gasteiger charge is 2.50. The molecule has 1 heterocycles. The first-order chi connectivity index (χ1) is 10.9. The van der Waals surface area contributed by atoms with E-state index in [-0.39, 0.29) is 28.3 Å². The van der Waals surface area contributed by atoms with E-state index in [9.17, 15) is 14.4 Å². The van der Waals surface area contributed by atoms with Gasteiger partial charge in [-0.15, -0.1) is 0 Å². The summed E-state index contributed by atoms with van der Waals surface area (Å²) in [7, 11) is 0. The largest absolute Gasteiger partial charge is 0.272 e. The number of halogens is 2. The Balaban J connectivity index is 1.82. The Morgan fingerprint density at radius 2 is 2.00 bits per heavy atom. The van der Waals surface area contributed by atoms with Gasteiger partial charge in [0.15, 0.2) is 0 Å².